The Kier molecular flexibility index (Phi) is 4.39. The standard InChI is InChI=1S/C11H9ClF5NO/c1-11(2,3-12)10(19)18-9-7(16)5(14)4(13)6(15)8(9)17/h3H2,1-2H3,(H,18,19). The van der Waals surface area contributed by atoms with Crippen LogP contribution in [-0.2, 0) is 4.79 Å². The average Bonchev–Trinajstić information content (AvgIpc) is 2.38. The third-order valence-corrected chi connectivity index (χ3v) is 3.07. The van der Waals surface area contributed by atoms with E-state index in [-0.39, 0.29) is 5.88 Å². The van der Waals surface area contributed by atoms with E-state index in [2.05, 4.69) is 0 Å². The van der Waals surface area contributed by atoms with E-state index in [4.69, 9.17) is 11.6 Å². The Morgan fingerprint density at radius 2 is 1.37 bits per heavy atom. The van der Waals surface area contributed by atoms with Crippen LogP contribution in [0.3, 0.4) is 0 Å². The topological polar surface area (TPSA) is 29.1 Å². The minimum absolute atomic E-state index is 0.200. The van der Waals surface area contributed by atoms with Crippen LogP contribution in [0.5, 0.6) is 0 Å². The van der Waals surface area contributed by atoms with Crippen molar-refractivity contribution >= 4 is 23.2 Å². The molecule has 0 saturated heterocycles. The predicted molar refractivity (Wildman–Crippen MR) is 59.4 cm³/mol. The summed E-state index contributed by atoms with van der Waals surface area (Å²) in [4.78, 5) is 11.6. The van der Waals surface area contributed by atoms with Crippen molar-refractivity contribution in [2.45, 2.75) is 13.8 Å². The van der Waals surface area contributed by atoms with E-state index in [1.807, 2.05) is 0 Å². The Morgan fingerprint density at radius 3 is 1.74 bits per heavy atom. The highest BCUT2D eigenvalue weighted by molar-refractivity contribution is 6.20. The lowest BCUT2D eigenvalue weighted by molar-refractivity contribution is -0.123. The Labute approximate surface area is 110 Å². The molecule has 19 heavy (non-hydrogen) atoms. The first kappa shape index (κ1) is 15.7. The molecule has 0 fully saturated rings. The number of halogens is 6. The number of amides is 1. The second-order valence-electron chi connectivity index (χ2n) is 4.42. The summed E-state index contributed by atoms with van der Waals surface area (Å²) < 4.78 is 65.1. The number of carbonyl (C=O) groups excluding carboxylic acids is 1. The van der Waals surface area contributed by atoms with Crippen molar-refractivity contribution in [3.05, 3.63) is 29.1 Å². The van der Waals surface area contributed by atoms with Gasteiger partial charge in [0.05, 0.1) is 5.41 Å². The molecule has 1 amide bonds. The molecule has 2 nitrogen and oxygen atoms in total. The van der Waals surface area contributed by atoms with Crippen LogP contribution in [0.4, 0.5) is 27.6 Å². The zero-order chi connectivity index (χ0) is 15.0. The minimum Gasteiger partial charge on any atom is -0.320 e. The second-order valence-corrected chi connectivity index (χ2v) is 4.68. The molecule has 0 bridgehead atoms. The molecule has 0 atom stereocenters. The van der Waals surface area contributed by atoms with Gasteiger partial charge >= 0.3 is 0 Å². The van der Waals surface area contributed by atoms with Gasteiger partial charge in [-0.2, -0.15) is 0 Å². The molecule has 0 radical (unpaired) electrons. The number of hydrogen-bond donors (Lipinski definition) is 1. The van der Waals surface area contributed by atoms with Gasteiger partial charge < -0.3 is 5.32 Å². The quantitative estimate of drug-likeness (QED) is 0.393. The molecule has 0 aliphatic heterocycles. The van der Waals surface area contributed by atoms with Crippen LogP contribution >= 0.6 is 11.6 Å². The number of carbonyl (C=O) groups is 1. The summed E-state index contributed by atoms with van der Waals surface area (Å²) in [6.45, 7) is 2.70. The molecular formula is C11H9ClF5NO. The van der Waals surface area contributed by atoms with E-state index in [0.29, 0.717) is 0 Å². The molecule has 8 heteroatoms. The zero-order valence-electron chi connectivity index (χ0n) is 9.88. The van der Waals surface area contributed by atoms with Gasteiger partial charge in [0.2, 0.25) is 11.7 Å². The Bertz CT molecular complexity index is 503. The smallest absolute Gasteiger partial charge is 0.231 e. The highest BCUT2D eigenvalue weighted by Gasteiger charge is 2.31. The lowest BCUT2D eigenvalue weighted by Gasteiger charge is -2.21. The molecule has 0 heterocycles. The van der Waals surface area contributed by atoms with Crippen LogP contribution in [0.15, 0.2) is 0 Å². The number of rotatable bonds is 3. The summed E-state index contributed by atoms with van der Waals surface area (Å²) in [5.74, 6) is -11.9. The maximum atomic E-state index is 13.3. The normalized spacial score (nSPS) is 11.6. The molecule has 0 aliphatic carbocycles. The van der Waals surface area contributed by atoms with Crippen molar-refractivity contribution in [3.63, 3.8) is 0 Å². The van der Waals surface area contributed by atoms with Crippen LogP contribution in [0.1, 0.15) is 13.8 Å². The summed E-state index contributed by atoms with van der Waals surface area (Å²) in [6, 6.07) is 0. The van der Waals surface area contributed by atoms with Crippen molar-refractivity contribution < 1.29 is 26.7 Å². The molecule has 1 aromatic carbocycles. The Balaban J connectivity index is 3.27. The highest BCUT2D eigenvalue weighted by Crippen LogP contribution is 2.29. The first-order valence-corrected chi connectivity index (χ1v) is 5.55. The molecule has 0 saturated carbocycles. The van der Waals surface area contributed by atoms with Crippen LogP contribution in [0.2, 0.25) is 0 Å². The number of hydrogen-bond acceptors (Lipinski definition) is 1. The van der Waals surface area contributed by atoms with E-state index in [0.717, 1.165) is 0 Å². The van der Waals surface area contributed by atoms with Crippen molar-refractivity contribution in [1.29, 1.82) is 0 Å². The van der Waals surface area contributed by atoms with Gasteiger partial charge in [-0.25, -0.2) is 22.0 Å². The van der Waals surface area contributed by atoms with Gasteiger partial charge in [-0.3, -0.25) is 4.79 Å². The molecule has 0 unspecified atom stereocenters. The summed E-state index contributed by atoms with van der Waals surface area (Å²) in [5.41, 5.74) is -2.62. The fraction of sp³-hybridized carbons (Fsp3) is 0.364. The van der Waals surface area contributed by atoms with Crippen LogP contribution in [0, 0.1) is 34.5 Å². The zero-order valence-corrected chi connectivity index (χ0v) is 10.6. The second kappa shape index (κ2) is 5.32. The maximum absolute atomic E-state index is 13.3. The number of nitrogens with one attached hydrogen (secondary N) is 1. The van der Waals surface area contributed by atoms with Gasteiger partial charge in [-0.1, -0.05) is 0 Å². The van der Waals surface area contributed by atoms with E-state index < -0.39 is 46.1 Å². The van der Waals surface area contributed by atoms with Crippen LogP contribution < -0.4 is 5.32 Å². The predicted octanol–water partition coefficient (Wildman–Crippen LogP) is 3.59. The van der Waals surface area contributed by atoms with Crippen molar-refractivity contribution in [3.8, 4) is 0 Å². The number of alkyl halides is 1. The van der Waals surface area contributed by atoms with Gasteiger partial charge in [0, 0.05) is 5.88 Å². The van der Waals surface area contributed by atoms with Gasteiger partial charge in [0.25, 0.3) is 0 Å². The highest BCUT2D eigenvalue weighted by atomic mass is 35.5. The first-order valence-electron chi connectivity index (χ1n) is 5.02. The summed E-state index contributed by atoms with van der Waals surface area (Å²) in [6.07, 6.45) is 0. The first-order chi connectivity index (χ1) is 8.63. The third-order valence-electron chi connectivity index (χ3n) is 2.40. The molecular weight excluding hydrogens is 293 g/mol. The number of benzene rings is 1. The van der Waals surface area contributed by atoms with Crippen LogP contribution in [0.25, 0.3) is 0 Å². The third kappa shape index (κ3) is 2.80. The van der Waals surface area contributed by atoms with Gasteiger partial charge in [0.1, 0.15) is 5.69 Å². The molecule has 106 valence electrons. The van der Waals surface area contributed by atoms with Gasteiger partial charge in [-0.05, 0) is 13.8 Å². The van der Waals surface area contributed by atoms with Crippen molar-refractivity contribution in [2.75, 3.05) is 11.2 Å². The summed E-state index contributed by atoms with van der Waals surface area (Å²) in [7, 11) is 0. The fourth-order valence-electron chi connectivity index (χ4n) is 1.06. The Hall–Kier alpha value is -1.37. The molecule has 1 rings (SSSR count). The number of anilines is 1. The summed E-state index contributed by atoms with van der Waals surface area (Å²) >= 11 is 5.47. The fourth-order valence-corrected chi connectivity index (χ4v) is 1.18. The lowest BCUT2D eigenvalue weighted by atomic mass is 9.95. The molecule has 1 N–H and O–H groups in total. The molecule has 0 spiro atoms. The van der Waals surface area contributed by atoms with E-state index in [9.17, 15) is 26.7 Å². The molecule has 0 aromatic heterocycles. The summed E-state index contributed by atoms with van der Waals surface area (Å²) in [5, 5.41) is 1.66. The Morgan fingerprint density at radius 1 is 1.00 bits per heavy atom. The molecule has 0 aliphatic rings. The van der Waals surface area contributed by atoms with E-state index in [1.54, 1.807) is 5.32 Å². The SMILES string of the molecule is CC(C)(CCl)C(=O)Nc1c(F)c(F)c(F)c(F)c1F. The lowest BCUT2D eigenvalue weighted by Crippen LogP contribution is -2.33. The van der Waals surface area contributed by atoms with Crippen molar-refractivity contribution in [2.24, 2.45) is 5.41 Å². The van der Waals surface area contributed by atoms with Gasteiger partial charge in [-0.15, -0.1) is 11.6 Å². The van der Waals surface area contributed by atoms with E-state index in [1.165, 1.54) is 13.8 Å². The average molecular weight is 302 g/mol. The van der Waals surface area contributed by atoms with Crippen LogP contribution in [-0.4, -0.2) is 11.8 Å². The molecule has 1 aromatic rings. The van der Waals surface area contributed by atoms with E-state index >= 15 is 0 Å². The minimum atomic E-state index is -2.29. The largest absolute Gasteiger partial charge is 0.320 e. The van der Waals surface area contributed by atoms with Crippen molar-refractivity contribution in [1.82, 2.24) is 0 Å². The maximum Gasteiger partial charge on any atom is 0.231 e. The van der Waals surface area contributed by atoms with Gasteiger partial charge in [0.15, 0.2) is 23.3 Å². The monoisotopic (exact) mass is 301 g/mol.